The first-order valence-corrected chi connectivity index (χ1v) is 15.2. The van der Waals surface area contributed by atoms with Crippen LogP contribution in [0.25, 0.3) is 27.8 Å². The third-order valence-electron chi connectivity index (χ3n) is 9.07. The number of carbonyl (C=O) groups excluding carboxylic acids is 2. The van der Waals surface area contributed by atoms with Crippen molar-refractivity contribution >= 4 is 22.8 Å². The molecule has 0 aliphatic carbocycles. The molecule has 1 saturated heterocycles. The normalized spacial score (nSPS) is 15.5. The lowest BCUT2D eigenvalue weighted by Crippen LogP contribution is -2.45. The molecule has 7 rings (SSSR count). The third-order valence-corrected chi connectivity index (χ3v) is 9.07. The SMILES string of the molecule is COc1ccc(-c2c(C(=O)N3CCC4(CC3)OC(=O)c3ccccc34)c3c(CN(C)C)c(O)ccc3n2-c2ccccc2)cc1. The van der Waals surface area contributed by atoms with E-state index in [1.807, 2.05) is 109 Å². The van der Waals surface area contributed by atoms with Gasteiger partial charge in [0.1, 0.15) is 17.1 Å². The molecule has 8 heteroatoms. The molecule has 5 aromatic rings. The fourth-order valence-electron chi connectivity index (χ4n) is 6.94. The van der Waals surface area contributed by atoms with Crippen molar-refractivity contribution < 1.29 is 24.2 Å². The molecule has 1 fully saturated rings. The molecule has 1 spiro atoms. The van der Waals surface area contributed by atoms with Crippen LogP contribution in [0, 0.1) is 0 Å². The van der Waals surface area contributed by atoms with E-state index in [0.717, 1.165) is 33.4 Å². The van der Waals surface area contributed by atoms with E-state index in [4.69, 9.17) is 9.47 Å². The van der Waals surface area contributed by atoms with Crippen LogP contribution in [-0.2, 0) is 16.9 Å². The van der Waals surface area contributed by atoms with Gasteiger partial charge in [-0.2, -0.15) is 0 Å². The summed E-state index contributed by atoms with van der Waals surface area (Å²) in [5.74, 6) is 0.428. The first-order chi connectivity index (χ1) is 21.8. The van der Waals surface area contributed by atoms with E-state index >= 15 is 0 Å². The second kappa shape index (κ2) is 11.1. The molecule has 2 aliphatic rings. The molecule has 228 valence electrons. The lowest BCUT2D eigenvalue weighted by molar-refractivity contribution is -0.0389. The van der Waals surface area contributed by atoms with Gasteiger partial charge in [-0.15, -0.1) is 0 Å². The molecule has 1 amide bonds. The van der Waals surface area contributed by atoms with E-state index in [9.17, 15) is 14.7 Å². The monoisotopic (exact) mass is 601 g/mol. The van der Waals surface area contributed by atoms with E-state index in [2.05, 4.69) is 4.57 Å². The Morgan fingerprint density at radius 1 is 0.933 bits per heavy atom. The fraction of sp³-hybridized carbons (Fsp3) is 0.243. The number of nitrogens with zero attached hydrogens (tertiary/aromatic N) is 3. The van der Waals surface area contributed by atoms with E-state index < -0.39 is 5.60 Å². The van der Waals surface area contributed by atoms with Gasteiger partial charge in [0.2, 0.25) is 0 Å². The standard InChI is InChI=1S/C37H35N3O5/c1-38(2)23-28-31(41)18-17-30-32(28)33(34(24-13-15-26(44-3)16-14-24)40(30)25-9-5-4-6-10-25)35(42)39-21-19-37(20-22-39)29-12-8-7-11-27(29)36(43)45-37/h4-18,41H,19-23H2,1-3H3. The molecular weight excluding hydrogens is 566 g/mol. The predicted molar refractivity (Wildman–Crippen MR) is 173 cm³/mol. The Bertz CT molecular complexity index is 1920. The Labute approximate surface area is 262 Å². The van der Waals surface area contributed by atoms with Gasteiger partial charge < -0.3 is 28.9 Å². The summed E-state index contributed by atoms with van der Waals surface area (Å²) in [7, 11) is 5.52. The Balaban J connectivity index is 1.41. The van der Waals surface area contributed by atoms with Gasteiger partial charge in [0.25, 0.3) is 5.91 Å². The number of amides is 1. The Kier molecular flexibility index (Phi) is 7.09. The van der Waals surface area contributed by atoms with Crippen LogP contribution in [-0.4, -0.2) is 65.6 Å². The van der Waals surface area contributed by atoms with Crippen molar-refractivity contribution in [2.45, 2.75) is 25.0 Å². The van der Waals surface area contributed by atoms with Crippen LogP contribution in [0.5, 0.6) is 11.5 Å². The molecule has 4 aromatic carbocycles. The number of likely N-dealkylation sites (tertiary alicyclic amines) is 1. The van der Waals surface area contributed by atoms with Crippen molar-refractivity contribution in [1.29, 1.82) is 0 Å². The summed E-state index contributed by atoms with van der Waals surface area (Å²) in [6.45, 7) is 1.28. The summed E-state index contributed by atoms with van der Waals surface area (Å²) < 4.78 is 13.6. The summed E-state index contributed by atoms with van der Waals surface area (Å²) in [5.41, 5.74) is 5.33. The van der Waals surface area contributed by atoms with Crippen molar-refractivity contribution in [2.24, 2.45) is 0 Å². The molecule has 0 radical (unpaired) electrons. The van der Waals surface area contributed by atoms with Crippen LogP contribution in [0.15, 0.2) is 91.0 Å². The number of ether oxygens (including phenoxy) is 2. The molecule has 1 aromatic heterocycles. The minimum absolute atomic E-state index is 0.126. The number of aromatic nitrogens is 1. The van der Waals surface area contributed by atoms with Crippen LogP contribution in [0.3, 0.4) is 0 Å². The number of phenolic OH excluding ortho intramolecular Hbond substituents is 1. The quantitative estimate of drug-likeness (QED) is 0.228. The number of phenols is 1. The molecule has 2 aliphatic heterocycles. The van der Waals surface area contributed by atoms with Crippen molar-refractivity contribution in [3.05, 3.63) is 113 Å². The largest absolute Gasteiger partial charge is 0.508 e. The number of esters is 1. The molecule has 1 N–H and O–H groups in total. The van der Waals surface area contributed by atoms with Crippen LogP contribution < -0.4 is 4.74 Å². The highest BCUT2D eigenvalue weighted by Gasteiger charge is 2.48. The zero-order valence-electron chi connectivity index (χ0n) is 25.6. The van der Waals surface area contributed by atoms with E-state index in [1.165, 1.54) is 0 Å². The number of carbonyl (C=O) groups is 2. The second-order valence-corrected chi connectivity index (χ2v) is 12.0. The summed E-state index contributed by atoms with van der Waals surface area (Å²) in [6.07, 6.45) is 1.01. The Morgan fingerprint density at radius 2 is 1.62 bits per heavy atom. The predicted octanol–water partition coefficient (Wildman–Crippen LogP) is 6.38. The van der Waals surface area contributed by atoms with Crippen molar-refractivity contribution in [3.8, 4) is 28.4 Å². The highest BCUT2D eigenvalue weighted by atomic mass is 16.6. The maximum atomic E-state index is 14.9. The number of rotatable bonds is 6. The number of hydrogen-bond donors (Lipinski definition) is 1. The first-order valence-electron chi connectivity index (χ1n) is 15.2. The van der Waals surface area contributed by atoms with Gasteiger partial charge >= 0.3 is 5.97 Å². The number of hydrogen-bond acceptors (Lipinski definition) is 6. The Morgan fingerprint density at radius 3 is 2.31 bits per heavy atom. The van der Waals surface area contributed by atoms with E-state index in [-0.39, 0.29) is 17.6 Å². The summed E-state index contributed by atoms with van der Waals surface area (Å²) >= 11 is 0. The Hall–Kier alpha value is -5.08. The van der Waals surface area contributed by atoms with Gasteiger partial charge in [-0.3, -0.25) is 4.79 Å². The van der Waals surface area contributed by atoms with Crippen molar-refractivity contribution in [1.82, 2.24) is 14.4 Å². The van der Waals surface area contributed by atoms with E-state index in [1.54, 1.807) is 13.2 Å². The molecule has 45 heavy (non-hydrogen) atoms. The topological polar surface area (TPSA) is 84.2 Å². The average molecular weight is 602 g/mol. The van der Waals surface area contributed by atoms with Gasteiger partial charge in [0, 0.05) is 54.7 Å². The zero-order chi connectivity index (χ0) is 31.3. The lowest BCUT2D eigenvalue weighted by atomic mass is 9.83. The molecule has 0 saturated carbocycles. The van der Waals surface area contributed by atoms with Gasteiger partial charge in [-0.25, -0.2) is 4.79 Å². The lowest BCUT2D eigenvalue weighted by Gasteiger charge is -2.38. The van der Waals surface area contributed by atoms with Gasteiger partial charge in [0.15, 0.2) is 0 Å². The minimum atomic E-state index is -0.727. The van der Waals surface area contributed by atoms with Gasteiger partial charge in [0.05, 0.1) is 29.4 Å². The number of piperidine rings is 1. The smallest absolute Gasteiger partial charge is 0.339 e. The first kappa shape index (κ1) is 28.7. The maximum Gasteiger partial charge on any atom is 0.339 e. The number of para-hydroxylation sites is 1. The maximum absolute atomic E-state index is 14.9. The zero-order valence-corrected chi connectivity index (χ0v) is 25.6. The fourth-order valence-corrected chi connectivity index (χ4v) is 6.94. The highest BCUT2D eigenvalue weighted by Crippen LogP contribution is 2.46. The van der Waals surface area contributed by atoms with Crippen molar-refractivity contribution in [3.63, 3.8) is 0 Å². The highest BCUT2D eigenvalue weighted by molar-refractivity contribution is 6.15. The van der Waals surface area contributed by atoms with Gasteiger partial charge in [-0.05, 0) is 74.3 Å². The number of methoxy groups -OCH3 is 1. The second-order valence-electron chi connectivity index (χ2n) is 12.0. The van der Waals surface area contributed by atoms with Crippen LogP contribution in [0.2, 0.25) is 0 Å². The van der Waals surface area contributed by atoms with Crippen LogP contribution >= 0.6 is 0 Å². The number of aromatic hydroxyl groups is 1. The average Bonchev–Trinajstić information content (AvgIpc) is 3.55. The molecule has 0 atom stereocenters. The third kappa shape index (κ3) is 4.73. The van der Waals surface area contributed by atoms with Crippen molar-refractivity contribution in [2.75, 3.05) is 34.3 Å². The minimum Gasteiger partial charge on any atom is -0.508 e. The molecular formula is C37H35N3O5. The summed E-state index contributed by atoms with van der Waals surface area (Å²) in [6, 6.07) is 28.8. The number of fused-ring (bicyclic) bond motifs is 3. The molecule has 8 nitrogen and oxygen atoms in total. The van der Waals surface area contributed by atoms with E-state index in [0.29, 0.717) is 54.9 Å². The molecule has 0 unspecified atom stereocenters. The molecule has 3 heterocycles. The number of benzene rings is 4. The summed E-state index contributed by atoms with van der Waals surface area (Å²) in [5, 5.41) is 11.9. The van der Waals surface area contributed by atoms with Crippen LogP contribution in [0.1, 0.15) is 44.7 Å². The molecule has 0 bridgehead atoms. The van der Waals surface area contributed by atoms with Gasteiger partial charge in [-0.1, -0.05) is 36.4 Å². The van der Waals surface area contributed by atoms with Crippen LogP contribution in [0.4, 0.5) is 0 Å². The summed E-state index contributed by atoms with van der Waals surface area (Å²) in [4.78, 5) is 31.5.